The third kappa shape index (κ3) is 3.91. The molecule has 4 rings (SSSR count). The standard InChI is InChI=1S/C25H22BrN3O3/c1-16(28(2)24(30)17-12-14-18(26)15-13-17)23-27-20-9-5-4-8-19(20)25(31)29(23)21-10-6-7-11-22(21)32-3/h4-16H,1-3H3. The van der Waals surface area contributed by atoms with E-state index in [1.54, 1.807) is 49.4 Å². The molecular weight excluding hydrogens is 470 g/mol. The maximum Gasteiger partial charge on any atom is 0.266 e. The fourth-order valence-corrected chi connectivity index (χ4v) is 3.89. The van der Waals surface area contributed by atoms with Crippen LogP contribution in [0.2, 0.25) is 0 Å². The predicted octanol–water partition coefficient (Wildman–Crippen LogP) is 4.99. The first kappa shape index (κ1) is 21.8. The molecule has 0 aliphatic heterocycles. The lowest BCUT2D eigenvalue weighted by Gasteiger charge is -2.27. The van der Waals surface area contributed by atoms with Gasteiger partial charge in [0.2, 0.25) is 0 Å². The smallest absolute Gasteiger partial charge is 0.266 e. The number of para-hydroxylation sites is 3. The summed E-state index contributed by atoms with van der Waals surface area (Å²) in [6, 6.07) is 21.2. The number of hydrogen-bond acceptors (Lipinski definition) is 4. The molecule has 6 nitrogen and oxygen atoms in total. The van der Waals surface area contributed by atoms with Gasteiger partial charge in [0.1, 0.15) is 11.6 Å². The molecule has 1 heterocycles. The molecule has 1 aromatic heterocycles. The summed E-state index contributed by atoms with van der Waals surface area (Å²) in [5.74, 6) is 0.826. The van der Waals surface area contributed by atoms with E-state index in [9.17, 15) is 9.59 Å². The van der Waals surface area contributed by atoms with Crippen molar-refractivity contribution in [2.24, 2.45) is 0 Å². The highest BCUT2D eigenvalue weighted by molar-refractivity contribution is 9.10. The van der Waals surface area contributed by atoms with Crippen LogP contribution in [0.1, 0.15) is 29.1 Å². The van der Waals surface area contributed by atoms with Crippen LogP contribution in [-0.2, 0) is 0 Å². The molecule has 0 saturated heterocycles. The molecule has 7 heteroatoms. The average molecular weight is 492 g/mol. The highest BCUT2D eigenvalue weighted by atomic mass is 79.9. The lowest BCUT2D eigenvalue weighted by Crippen LogP contribution is -2.35. The summed E-state index contributed by atoms with van der Waals surface area (Å²) >= 11 is 3.39. The Labute approximate surface area is 194 Å². The van der Waals surface area contributed by atoms with Crippen molar-refractivity contribution in [3.8, 4) is 11.4 Å². The summed E-state index contributed by atoms with van der Waals surface area (Å²) < 4.78 is 7.95. The van der Waals surface area contributed by atoms with E-state index in [1.165, 1.54) is 4.57 Å². The average Bonchev–Trinajstić information content (AvgIpc) is 2.83. The number of carbonyl (C=O) groups is 1. The van der Waals surface area contributed by atoms with Gasteiger partial charge in [0, 0.05) is 17.1 Å². The minimum atomic E-state index is -0.492. The fourth-order valence-electron chi connectivity index (χ4n) is 3.62. The van der Waals surface area contributed by atoms with Gasteiger partial charge in [-0.2, -0.15) is 0 Å². The van der Waals surface area contributed by atoms with Gasteiger partial charge in [0.25, 0.3) is 11.5 Å². The number of halogens is 1. The Kier molecular flexibility index (Phi) is 6.10. The van der Waals surface area contributed by atoms with Gasteiger partial charge in [0.15, 0.2) is 0 Å². The molecule has 0 N–H and O–H groups in total. The van der Waals surface area contributed by atoms with Crippen LogP contribution >= 0.6 is 15.9 Å². The van der Waals surface area contributed by atoms with Crippen LogP contribution in [0.25, 0.3) is 16.6 Å². The van der Waals surface area contributed by atoms with Gasteiger partial charge in [-0.15, -0.1) is 0 Å². The molecule has 0 fully saturated rings. The molecule has 1 atom stereocenters. The van der Waals surface area contributed by atoms with Crippen molar-refractivity contribution in [1.29, 1.82) is 0 Å². The van der Waals surface area contributed by atoms with Gasteiger partial charge in [-0.1, -0.05) is 40.2 Å². The van der Waals surface area contributed by atoms with E-state index in [0.29, 0.717) is 33.7 Å². The molecular formula is C25H22BrN3O3. The molecule has 162 valence electrons. The summed E-state index contributed by atoms with van der Waals surface area (Å²) in [6.45, 7) is 1.86. The van der Waals surface area contributed by atoms with Crippen molar-refractivity contribution in [3.63, 3.8) is 0 Å². The summed E-state index contributed by atoms with van der Waals surface area (Å²) in [6.07, 6.45) is 0. The quantitative estimate of drug-likeness (QED) is 0.394. The fraction of sp³-hybridized carbons (Fsp3) is 0.160. The van der Waals surface area contributed by atoms with Crippen molar-refractivity contribution >= 4 is 32.7 Å². The minimum Gasteiger partial charge on any atom is -0.495 e. The van der Waals surface area contributed by atoms with Crippen molar-refractivity contribution in [3.05, 3.63) is 99.0 Å². The van der Waals surface area contributed by atoms with Crippen LogP contribution in [0.5, 0.6) is 5.75 Å². The SMILES string of the molecule is COc1ccccc1-n1c(C(C)N(C)C(=O)c2ccc(Br)cc2)nc2ccccc2c1=O. The van der Waals surface area contributed by atoms with E-state index in [2.05, 4.69) is 15.9 Å². The largest absolute Gasteiger partial charge is 0.495 e. The van der Waals surface area contributed by atoms with Gasteiger partial charge >= 0.3 is 0 Å². The number of rotatable bonds is 5. The van der Waals surface area contributed by atoms with Gasteiger partial charge in [-0.3, -0.25) is 14.2 Å². The number of benzene rings is 3. The van der Waals surface area contributed by atoms with Crippen molar-refractivity contribution in [2.75, 3.05) is 14.2 Å². The van der Waals surface area contributed by atoms with E-state index in [4.69, 9.17) is 9.72 Å². The third-order valence-electron chi connectivity index (χ3n) is 5.49. The summed E-state index contributed by atoms with van der Waals surface area (Å²) in [4.78, 5) is 33.1. The molecule has 4 aromatic rings. The summed E-state index contributed by atoms with van der Waals surface area (Å²) in [5.41, 5.74) is 1.49. The first-order valence-corrected chi connectivity index (χ1v) is 10.9. The Morgan fingerprint density at radius 3 is 2.41 bits per heavy atom. The molecule has 1 amide bonds. The van der Waals surface area contributed by atoms with Crippen molar-refractivity contribution in [1.82, 2.24) is 14.5 Å². The first-order chi connectivity index (χ1) is 15.4. The Hall–Kier alpha value is -3.45. The lowest BCUT2D eigenvalue weighted by molar-refractivity contribution is 0.0735. The first-order valence-electron chi connectivity index (χ1n) is 10.1. The second-order valence-corrected chi connectivity index (χ2v) is 8.31. The zero-order chi connectivity index (χ0) is 22.8. The zero-order valence-electron chi connectivity index (χ0n) is 17.9. The zero-order valence-corrected chi connectivity index (χ0v) is 19.5. The second-order valence-electron chi connectivity index (χ2n) is 7.40. The van der Waals surface area contributed by atoms with Crippen LogP contribution in [-0.4, -0.2) is 34.5 Å². The second kappa shape index (κ2) is 8.96. The number of methoxy groups -OCH3 is 1. The summed E-state index contributed by atoms with van der Waals surface area (Å²) in [7, 11) is 3.27. The molecule has 0 spiro atoms. The van der Waals surface area contributed by atoms with Gasteiger partial charge in [-0.25, -0.2) is 4.98 Å². The maximum absolute atomic E-state index is 13.6. The van der Waals surface area contributed by atoms with E-state index in [1.807, 2.05) is 49.4 Å². The Morgan fingerprint density at radius 1 is 1.03 bits per heavy atom. The van der Waals surface area contributed by atoms with E-state index in [0.717, 1.165) is 4.47 Å². The highest BCUT2D eigenvalue weighted by Gasteiger charge is 2.25. The Balaban J connectivity index is 1.90. The molecule has 0 saturated carbocycles. The Morgan fingerprint density at radius 2 is 1.69 bits per heavy atom. The monoisotopic (exact) mass is 491 g/mol. The molecule has 0 radical (unpaired) electrons. The number of ether oxygens (including phenoxy) is 1. The molecule has 0 aliphatic rings. The number of fused-ring (bicyclic) bond motifs is 1. The van der Waals surface area contributed by atoms with Crippen molar-refractivity contribution in [2.45, 2.75) is 13.0 Å². The molecule has 0 aliphatic carbocycles. The molecule has 1 unspecified atom stereocenters. The molecule has 32 heavy (non-hydrogen) atoms. The highest BCUT2D eigenvalue weighted by Crippen LogP contribution is 2.27. The van der Waals surface area contributed by atoms with E-state index >= 15 is 0 Å². The van der Waals surface area contributed by atoms with Gasteiger partial charge < -0.3 is 9.64 Å². The normalized spacial score (nSPS) is 11.9. The number of hydrogen-bond donors (Lipinski definition) is 0. The summed E-state index contributed by atoms with van der Waals surface area (Å²) in [5, 5.41) is 0.497. The topological polar surface area (TPSA) is 64.4 Å². The van der Waals surface area contributed by atoms with Crippen LogP contribution in [0, 0.1) is 0 Å². The van der Waals surface area contributed by atoms with Crippen LogP contribution < -0.4 is 10.3 Å². The lowest BCUT2D eigenvalue weighted by atomic mass is 10.1. The van der Waals surface area contributed by atoms with Gasteiger partial charge in [-0.05, 0) is 55.5 Å². The van der Waals surface area contributed by atoms with Gasteiger partial charge in [0.05, 0.1) is 29.7 Å². The minimum absolute atomic E-state index is 0.168. The number of carbonyl (C=O) groups excluding carboxylic acids is 1. The third-order valence-corrected chi connectivity index (χ3v) is 6.02. The number of aromatic nitrogens is 2. The molecule has 3 aromatic carbocycles. The number of nitrogens with zero attached hydrogens (tertiary/aromatic N) is 3. The molecule has 0 bridgehead atoms. The Bertz CT molecular complexity index is 1350. The van der Waals surface area contributed by atoms with Crippen LogP contribution in [0.15, 0.2) is 82.1 Å². The van der Waals surface area contributed by atoms with Crippen LogP contribution in [0.3, 0.4) is 0 Å². The predicted molar refractivity (Wildman–Crippen MR) is 129 cm³/mol. The van der Waals surface area contributed by atoms with E-state index in [-0.39, 0.29) is 11.5 Å². The maximum atomic E-state index is 13.6. The van der Waals surface area contributed by atoms with E-state index < -0.39 is 6.04 Å². The number of amides is 1. The van der Waals surface area contributed by atoms with Crippen molar-refractivity contribution < 1.29 is 9.53 Å². The van der Waals surface area contributed by atoms with Crippen LogP contribution in [0.4, 0.5) is 0 Å².